The summed E-state index contributed by atoms with van der Waals surface area (Å²) < 4.78 is 0. The summed E-state index contributed by atoms with van der Waals surface area (Å²) in [5.41, 5.74) is 0.0268. The van der Waals surface area contributed by atoms with E-state index in [2.05, 4.69) is 20.8 Å². The van der Waals surface area contributed by atoms with Crippen LogP contribution in [0.1, 0.15) is 85.0 Å². The van der Waals surface area contributed by atoms with Gasteiger partial charge in [0, 0.05) is 0 Å². The first-order valence-corrected chi connectivity index (χ1v) is 9.96. The van der Waals surface area contributed by atoms with Crippen molar-refractivity contribution in [3.63, 3.8) is 0 Å². The zero-order valence-electron chi connectivity index (χ0n) is 15.1. The van der Waals surface area contributed by atoms with Crippen molar-refractivity contribution in [3.8, 4) is 0 Å². The van der Waals surface area contributed by atoms with Crippen molar-refractivity contribution in [1.82, 2.24) is 0 Å². The van der Waals surface area contributed by atoms with E-state index < -0.39 is 5.21 Å². The Morgan fingerprint density at radius 3 is 1.73 bits per heavy atom. The zero-order chi connectivity index (χ0) is 16.0. The van der Waals surface area contributed by atoms with Gasteiger partial charge in [0.05, 0.1) is 15.7 Å². The van der Waals surface area contributed by atoms with Gasteiger partial charge in [-0.2, -0.15) is 0 Å². The average Bonchev–Trinajstić information content (AvgIpc) is 2.52. The first kappa shape index (κ1) is 17.0. The van der Waals surface area contributed by atoms with E-state index in [1.165, 1.54) is 57.8 Å². The van der Waals surface area contributed by atoms with Crippen molar-refractivity contribution in [2.75, 3.05) is 0 Å². The van der Waals surface area contributed by atoms with Gasteiger partial charge in [0.1, 0.15) is 0 Å². The molecule has 22 heavy (non-hydrogen) atoms. The average molecular weight is 296 g/mol. The van der Waals surface area contributed by atoms with Crippen LogP contribution >= 0.6 is 0 Å². The Morgan fingerprint density at radius 1 is 0.818 bits per heavy atom. The smallest absolute Gasteiger partial charge is 0.0631 e. The molecular weight excluding hydrogens is 262 g/mol. The molecule has 0 heterocycles. The largest absolute Gasteiger partial charge is 0.0908 e. The molecule has 4 unspecified atom stereocenters. The van der Waals surface area contributed by atoms with Crippen LogP contribution < -0.4 is 0 Å². The van der Waals surface area contributed by atoms with E-state index in [-0.39, 0.29) is 5.41 Å². The van der Waals surface area contributed by atoms with E-state index in [1.807, 2.05) is 0 Å². The van der Waals surface area contributed by atoms with E-state index in [4.69, 9.17) is 15.7 Å². The Labute approximate surface area is 141 Å². The predicted molar refractivity (Wildman–Crippen MR) is 97.3 cm³/mol. The van der Waals surface area contributed by atoms with Crippen LogP contribution in [-0.4, -0.2) is 15.7 Å². The topological polar surface area (TPSA) is 0 Å². The maximum atomic E-state index is 6.97. The molecule has 3 aliphatic rings. The molecular formula is C20H34B2. The molecule has 0 bridgehead atoms. The van der Waals surface area contributed by atoms with Gasteiger partial charge in [0.15, 0.2) is 0 Å². The summed E-state index contributed by atoms with van der Waals surface area (Å²) in [5.74, 6) is 3.98. The third-order valence-electron chi connectivity index (χ3n) is 8.07. The number of rotatable bonds is 3. The van der Waals surface area contributed by atoms with E-state index in [0.29, 0.717) is 5.92 Å². The Bertz CT molecular complexity index is 365. The van der Waals surface area contributed by atoms with Gasteiger partial charge in [-0.25, -0.2) is 0 Å². The molecule has 0 spiro atoms. The van der Waals surface area contributed by atoms with Crippen molar-refractivity contribution in [3.05, 3.63) is 0 Å². The van der Waals surface area contributed by atoms with Crippen LogP contribution in [0.25, 0.3) is 0 Å². The van der Waals surface area contributed by atoms with Crippen LogP contribution in [0, 0.1) is 35.0 Å². The molecule has 4 radical (unpaired) electrons. The molecule has 0 aromatic heterocycles. The zero-order valence-corrected chi connectivity index (χ0v) is 15.1. The lowest BCUT2D eigenvalue weighted by atomic mass is 9.31. The molecule has 3 saturated carbocycles. The van der Waals surface area contributed by atoms with E-state index in [1.54, 1.807) is 0 Å². The molecule has 0 amide bonds. The van der Waals surface area contributed by atoms with Gasteiger partial charge in [0.25, 0.3) is 0 Å². The molecule has 0 aromatic carbocycles. The standard InChI is InChI=1S/C20H34B2/c1-4-19(2,3)20(21,22)18-16-11-7-5-9-14(16)13-15-10-6-8-12-17(15)18/h14-18H,4-13H2,1-3H3. The second-order valence-corrected chi connectivity index (χ2v) is 9.35. The van der Waals surface area contributed by atoms with Crippen molar-refractivity contribution in [2.24, 2.45) is 35.0 Å². The second-order valence-electron chi connectivity index (χ2n) is 9.35. The summed E-state index contributed by atoms with van der Waals surface area (Å²) in [7, 11) is 13.9. The van der Waals surface area contributed by atoms with Gasteiger partial charge in [-0.15, -0.1) is 0 Å². The van der Waals surface area contributed by atoms with Crippen LogP contribution in [0.3, 0.4) is 0 Å². The lowest BCUT2D eigenvalue weighted by molar-refractivity contribution is -0.0402. The minimum Gasteiger partial charge on any atom is -0.0908 e. The van der Waals surface area contributed by atoms with E-state index >= 15 is 0 Å². The number of hydrogen-bond acceptors (Lipinski definition) is 0. The second kappa shape index (κ2) is 6.21. The molecule has 0 saturated heterocycles. The summed E-state index contributed by atoms with van der Waals surface area (Å²) in [6.07, 6.45) is 13.9. The SMILES string of the molecule is [B]C([B])(C1C2CCCCC2CC2CCCCC21)C(C)(C)CC. The number of hydrogen-bond donors (Lipinski definition) is 0. The quantitative estimate of drug-likeness (QED) is 0.602. The summed E-state index contributed by atoms with van der Waals surface area (Å²) >= 11 is 0. The first-order chi connectivity index (χ1) is 10.4. The fraction of sp³-hybridized carbons (Fsp3) is 1.00. The maximum absolute atomic E-state index is 6.97. The first-order valence-electron chi connectivity index (χ1n) is 9.96. The monoisotopic (exact) mass is 296 g/mol. The van der Waals surface area contributed by atoms with Gasteiger partial charge in [-0.3, -0.25) is 0 Å². The van der Waals surface area contributed by atoms with Crippen LogP contribution in [0.4, 0.5) is 0 Å². The molecule has 120 valence electrons. The molecule has 4 atom stereocenters. The van der Waals surface area contributed by atoms with Gasteiger partial charge >= 0.3 is 0 Å². The molecule has 0 nitrogen and oxygen atoms in total. The third-order valence-corrected chi connectivity index (χ3v) is 8.07. The van der Waals surface area contributed by atoms with E-state index in [9.17, 15) is 0 Å². The van der Waals surface area contributed by atoms with E-state index in [0.717, 1.165) is 30.1 Å². The molecule has 2 heteroatoms. The normalized spacial score (nSPS) is 39.9. The van der Waals surface area contributed by atoms with Crippen LogP contribution in [0.5, 0.6) is 0 Å². The fourth-order valence-electron chi connectivity index (χ4n) is 6.18. The molecule has 0 aliphatic heterocycles. The highest BCUT2D eigenvalue weighted by atomic mass is 14.6. The lowest BCUT2D eigenvalue weighted by Crippen LogP contribution is -2.52. The highest BCUT2D eigenvalue weighted by Crippen LogP contribution is 2.63. The van der Waals surface area contributed by atoms with Crippen molar-refractivity contribution in [1.29, 1.82) is 0 Å². The van der Waals surface area contributed by atoms with Crippen LogP contribution in [-0.2, 0) is 0 Å². The highest BCUT2D eigenvalue weighted by molar-refractivity contribution is 6.40. The Morgan fingerprint density at radius 2 is 1.27 bits per heavy atom. The predicted octanol–water partition coefficient (Wildman–Crippen LogP) is 5.51. The van der Waals surface area contributed by atoms with Gasteiger partial charge in [0.2, 0.25) is 0 Å². The number of fused-ring (bicyclic) bond motifs is 2. The summed E-state index contributed by atoms with van der Waals surface area (Å²) in [4.78, 5) is 0. The van der Waals surface area contributed by atoms with Crippen molar-refractivity contribution in [2.45, 2.75) is 90.2 Å². The Hall–Kier alpha value is 0.130. The van der Waals surface area contributed by atoms with Crippen molar-refractivity contribution >= 4 is 15.7 Å². The van der Waals surface area contributed by atoms with Gasteiger partial charge < -0.3 is 0 Å². The Balaban J connectivity index is 1.95. The summed E-state index contributed by atoms with van der Waals surface area (Å²) in [5, 5.41) is -0.511. The minimum atomic E-state index is -0.511. The van der Waals surface area contributed by atoms with Crippen molar-refractivity contribution < 1.29 is 0 Å². The van der Waals surface area contributed by atoms with Gasteiger partial charge in [-0.05, 0) is 54.3 Å². The third kappa shape index (κ3) is 2.71. The maximum Gasteiger partial charge on any atom is 0.0631 e. The summed E-state index contributed by atoms with van der Waals surface area (Å²) in [6.45, 7) is 6.86. The van der Waals surface area contributed by atoms with Gasteiger partial charge in [-0.1, -0.05) is 70.9 Å². The molecule has 3 fully saturated rings. The fourth-order valence-corrected chi connectivity index (χ4v) is 6.18. The minimum absolute atomic E-state index is 0.0268. The summed E-state index contributed by atoms with van der Waals surface area (Å²) in [6, 6.07) is 0. The molecule has 3 rings (SSSR count). The molecule has 0 aromatic rings. The molecule has 3 aliphatic carbocycles. The van der Waals surface area contributed by atoms with Crippen LogP contribution in [0.2, 0.25) is 5.21 Å². The Kier molecular flexibility index (Phi) is 4.79. The highest BCUT2D eigenvalue weighted by Gasteiger charge is 2.53. The molecule has 0 N–H and O–H groups in total. The van der Waals surface area contributed by atoms with Crippen LogP contribution in [0.15, 0.2) is 0 Å². The lowest BCUT2D eigenvalue weighted by Gasteiger charge is -2.61.